The van der Waals surface area contributed by atoms with E-state index in [9.17, 15) is 5.11 Å². The summed E-state index contributed by atoms with van der Waals surface area (Å²) in [6.45, 7) is 5.57. The molecule has 1 aromatic carbocycles. The Labute approximate surface area is 89.3 Å². The first-order valence-electron chi connectivity index (χ1n) is 5.06. The van der Waals surface area contributed by atoms with Gasteiger partial charge in [0.05, 0.1) is 16.8 Å². The first-order valence-corrected chi connectivity index (χ1v) is 5.06. The van der Waals surface area contributed by atoms with Crippen LogP contribution in [0.5, 0.6) is 0 Å². The van der Waals surface area contributed by atoms with Gasteiger partial charge in [-0.25, -0.2) is 0 Å². The Morgan fingerprint density at radius 3 is 2.60 bits per heavy atom. The van der Waals surface area contributed by atoms with Crippen molar-refractivity contribution in [2.45, 2.75) is 26.4 Å². The standard InChI is InChI=1S/C12H16N2O/c1-8-10-6-5-9(12(2,3)15)7-11(10)14(4)13-8/h5-7,15H,1-4H3. The molecule has 15 heavy (non-hydrogen) atoms. The van der Waals surface area contributed by atoms with Crippen molar-refractivity contribution in [3.05, 3.63) is 29.5 Å². The van der Waals surface area contributed by atoms with Crippen LogP contribution >= 0.6 is 0 Å². The van der Waals surface area contributed by atoms with Crippen LogP contribution < -0.4 is 0 Å². The van der Waals surface area contributed by atoms with Crippen molar-refractivity contribution >= 4 is 10.9 Å². The number of aromatic nitrogens is 2. The van der Waals surface area contributed by atoms with Gasteiger partial charge in [0.2, 0.25) is 0 Å². The van der Waals surface area contributed by atoms with Crippen molar-refractivity contribution in [3.8, 4) is 0 Å². The molecule has 0 unspecified atom stereocenters. The van der Waals surface area contributed by atoms with E-state index in [0.717, 1.165) is 22.2 Å². The van der Waals surface area contributed by atoms with Gasteiger partial charge in [-0.05, 0) is 32.4 Å². The summed E-state index contributed by atoms with van der Waals surface area (Å²) in [4.78, 5) is 0. The maximum Gasteiger partial charge on any atom is 0.0841 e. The van der Waals surface area contributed by atoms with Crippen LogP contribution in [0.2, 0.25) is 0 Å². The van der Waals surface area contributed by atoms with E-state index in [1.54, 1.807) is 13.8 Å². The lowest BCUT2D eigenvalue weighted by Gasteiger charge is -2.17. The fourth-order valence-electron chi connectivity index (χ4n) is 1.82. The molecule has 0 aliphatic heterocycles. The van der Waals surface area contributed by atoms with Gasteiger partial charge in [-0.2, -0.15) is 5.10 Å². The van der Waals surface area contributed by atoms with Crippen LogP contribution in [-0.4, -0.2) is 14.9 Å². The monoisotopic (exact) mass is 204 g/mol. The molecule has 0 saturated heterocycles. The average molecular weight is 204 g/mol. The maximum atomic E-state index is 9.92. The zero-order valence-electron chi connectivity index (χ0n) is 9.57. The van der Waals surface area contributed by atoms with Crippen molar-refractivity contribution in [1.82, 2.24) is 9.78 Å². The molecule has 2 rings (SSSR count). The number of hydrogen-bond acceptors (Lipinski definition) is 2. The zero-order valence-corrected chi connectivity index (χ0v) is 9.57. The summed E-state index contributed by atoms with van der Waals surface area (Å²) >= 11 is 0. The van der Waals surface area contributed by atoms with Gasteiger partial charge >= 0.3 is 0 Å². The van der Waals surface area contributed by atoms with Crippen LogP contribution in [-0.2, 0) is 12.6 Å². The topological polar surface area (TPSA) is 38.0 Å². The van der Waals surface area contributed by atoms with Crippen LogP contribution in [0.4, 0.5) is 0 Å². The smallest absolute Gasteiger partial charge is 0.0841 e. The van der Waals surface area contributed by atoms with E-state index < -0.39 is 5.60 Å². The van der Waals surface area contributed by atoms with E-state index >= 15 is 0 Å². The number of hydrogen-bond donors (Lipinski definition) is 1. The van der Waals surface area contributed by atoms with E-state index in [0.29, 0.717) is 0 Å². The average Bonchev–Trinajstić information content (AvgIpc) is 2.41. The molecule has 0 amide bonds. The van der Waals surface area contributed by atoms with Crippen molar-refractivity contribution in [2.24, 2.45) is 7.05 Å². The molecule has 0 fully saturated rings. The van der Waals surface area contributed by atoms with Gasteiger partial charge in [0, 0.05) is 12.4 Å². The first kappa shape index (κ1) is 10.2. The Kier molecular flexibility index (Phi) is 2.08. The third kappa shape index (κ3) is 1.63. The zero-order chi connectivity index (χ0) is 11.2. The summed E-state index contributed by atoms with van der Waals surface area (Å²) in [5, 5.41) is 15.4. The molecular formula is C12H16N2O. The number of rotatable bonds is 1. The maximum absolute atomic E-state index is 9.92. The number of fused-ring (bicyclic) bond motifs is 1. The molecule has 0 bridgehead atoms. The second-order valence-electron chi connectivity index (χ2n) is 4.50. The van der Waals surface area contributed by atoms with Gasteiger partial charge in [0.1, 0.15) is 0 Å². The van der Waals surface area contributed by atoms with E-state index in [1.165, 1.54) is 0 Å². The summed E-state index contributed by atoms with van der Waals surface area (Å²) in [5.74, 6) is 0. The van der Waals surface area contributed by atoms with Crippen LogP contribution in [0.1, 0.15) is 25.1 Å². The second kappa shape index (κ2) is 3.07. The molecule has 2 aromatic rings. The molecule has 0 aliphatic rings. The third-order valence-electron chi connectivity index (χ3n) is 2.74. The predicted molar refractivity (Wildman–Crippen MR) is 60.7 cm³/mol. The van der Waals surface area contributed by atoms with Crippen LogP contribution in [0.25, 0.3) is 10.9 Å². The first-order chi connectivity index (χ1) is 6.89. The minimum atomic E-state index is -0.799. The fourth-order valence-corrected chi connectivity index (χ4v) is 1.82. The van der Waals surface area contributed by atoms with E-state index in [2.05, 4.69) is 5.10 Å². The Morgan fingerprint density at radius 1 is 1.33 bits per heavy atom. The van der Waals surface area contributed by atoms with E-state index in [4.69, 9.17) is 0 Å². The van der Waals surface area contributed by atoms with Gasteiger partial charge in [0.15, 0.2) is 0 Å². The molecule has 3 heteroatoms. The Bertz CT molecular complexity index is 506. The highest BCUT2D eigenvalue weighted by Crippen LogP contribution is 2.25. The molecule has 1 heterocycles. The quantitative estimate of drug-likeness (QED) is 0.772. The van der Waals surface area contributed by atoms with Crippen LogP contribution in [0.15, 0.2) is 18.2 Å². The molecule has 1 aromatic heterocycles. The van der Waals surface area contributed by atoms with Gasteiger partial charge in [0.25, 0.3) is 0 Å². The van der Waals surface area contributed by atoms with Crippen molar-refractivity contribution in [1.29, 1.82) is 0 Å². The number of aliphatic hydroxyl groups is 1. The Balaban J connectivity index is 2.71. The summed E-state index contributed by atoms with van der Waals surface area (Å²) in [7, 11) is 1.92. The molecule has 80 valence electrons. The van der Waals surface area contributed by atoms with Gasteiger partial charge in [-0.15, -0.1) is 0 Å². The normalized spacial score (nSPS) is 12.3. The van der Waals surface area contributed by atoms with Crippen LogP contribution in [0, 0.1) is 6.92 Å². The number of benzene rings is 1. The third-order valence-corrected chi connectivity index (χ3v) is 2.74. The molecule has 0 spiro atoms. The van der Waals surface area contributed by atoms with Gasteiger partial charge < -0.3 is 5.11 Å². The lowest BCUT2D eigenvalue weighted by atomic mass is 9.97. The van der Waals surface area contributed by atoms with Gasteiger partial charge in [-0.3, -0.25) is 4.68 Å². The van der Waals surface area contributed by atoms with E-state index in [-0.39, 0.29) is 0 Å². The van der Waals surface area contributed by atoms with Crippen molar-refractivity contribution in [2.75, 3.05) is 0 Å². The Morgan fingerprint density at radius 2 is 2.00 bits per heavy atom. The Hall–Kier alpha value is -1.35. The number of aryl methyl sites for hydroxylation is 2. The predicted octanol–water partition coefficient (Wildman–Crippen LogP) is 2.11. The largest absolute Gasteiger partial charge is 0.386 e. The lowest BCUT2D eigenvalue weighted by Crippen LogP contribution is -2.15. The number of nitrogens with zero attached hydrogens (tertiary/aromatic N) is 2. The molecule has 0 atom stereocenters. The van der Waals surface area contributed by atoms with Gasteiger partial charge in [-0.1, -0.05) is 12.1 Å². The summed E-state index contributed by atoms with van der Waals surface area (Å²) in [6, 6.07) is 5.97. The molecule has 0 radical (unpaired) electrons. The highest BCUT2D eigenvalue weighted by molar-refractivity contribution is 5.82. The minimum absolute atomic E-state index is 0.799. The highest BCUT2D eigenvalue weighted by atomic mass is 16.3. The van der Waals surface area contributed by atoms with Crippen molar-refractivity contribution < 1.29 is 5.11 Å². The molecule has 0 aliphatic carbocycles. The lowest BCUT2D eigenvalue weighted by molar-refractivity contribution is 0.0787. The molecular weight excluding hydrogens is 188 g/mol. The fraction of sp³-hybridized carbons (Fsp3) is 0.417. The molecule has 3 nitrogen and oxygen atoms in total. The highest BCUT2D eigenvalue weighted by Gasteiger charge is 2.17. The van der Waals surface area contributed by atoms with E-state index in [1.807, 2.05) is 36.9 Å². The SMILES string of the molecule is Cc1nn(C)c2cc(C(C)(C)O)ccc12. The summed E-state index contributed by atoms with van der Waals surface area (Å²) in [5.41, 5.74) is 2.20. The van der Waals surface area contributed by atoms with Crippen LogP contribution in [0.3, 0.4) is 0 Å². The molecule has 1 N–H and O–H groups in total. The molecule has 0 saturated carbocycles. The minimum Gasteiger partial charge on any atom is -0.386 e. The summed E-state index contributed by atoms with van der Waals surface area (Å²) in [6.07, 6.45) is 0. The second-order valence-corrected chi connectivity index (χ2v) is 4.50. The summed E-state index contributed by atoms with van der Waals surface area (Å²) < 4.78 is 1.85. The van der Waals surface area contributed by atoms with Crippen molar-refractivity contribution in [3.63, 3.8) is 0 Å².